The Morgan fingerprint density at radius 3 is 2.72 bits per heavy atom. The molecular formula is C19H19FN4O. The van der Waals surface area contributed by atoms with Gasteiger partial charge < -0.3 is 10.2 Å². The summed E-state index contributed by atoms with van der Waals surface area (Å²) in [6, 6.07) is 13.8. The Labute approximate surface area is 144 Å². The predicted molar refractivity (Wildman–Crippen MR) is 97.0 cm³/mol. The third-order valence-electron chi connectivity index (χ3n) is 4.45. The number of fused-ring (bicyclic) bond motifs is 1. The van der Waals surface area contributed by atoms with Gasteiger partial charge in [-0.2, -0.15) is 0 Å². The topological polar surface area (TPSA) is 50.2 Å². The first-order valence-corrected chi connectivity index (χ1v) is 8.47. The summed E-state index contributed by atoms with van der Waals surface area (Å²) in [5, 5.41) is 3.32. The molecule has 2 aromatic carbocycles. The zero-order valence-corrected chi connectivity index (χ0v) is 13.8. The van der Waals surface area contributed by atoms with Gasteiger partial charge in [0.15, 0.2) is 5.82 Å². The van der Waals surface area contributed by atoms with E-state index in [-0.39, 0.29) is 11.4 Å². The van der Waals surface area contributed by atoms with Gasteiger partial charge in [-0.05, 0) is 37.2 Å². The highest BCUT2D eigenvalue weighted by Crippen LogP contribution is 2.20. The van der Waals surface area contributed by atoms with Crippen LogP contribution in [0.3, 0.4) is 0 Å². The van der Waals surface area contributed by atoms with E-state index in [0.717, 1.165) is 31.7 Å². The van der Waals surface area contributed by atoms with Crippen LogP contribution in [0.5, 0.6) is 0 Å². The molecule has 4 rings (SSSR count). The monoisotopic (exact) mass is 338 g/mol. The largest absolute Gasteiger partial charge is 0.351 e. The lowest BCUT2D eigenvalue weighted by molar-refractivity contribution is 0.629. The Bertz CT molecular complexity index is 947. The van der Waals surface area contributed by atoms with Crippen molar-refractivity contribution in [2.75, 3.05) is 31.1 Å². The van der Waals surface area contributed by atoms with Gasteiger partial charge in [-0.25, -0.2) is 9.37 Å². The van der Waals surface area contributed by atoms with E-state index < -0.39 is 0 Å². The maximum atomic E-state index is 13.8. The van der Waals surface area contributed by atoms with E-state index in [1.54, 1.807) is 10.6 Å². The zero-order valence-electron chi connectivity index (χ0n) is 13.8. The maximum absolute atomic E-state index is 13.8. The minimum absolute atomic E-state index is 0.174. The molecule has 1 fully saturated rings. The predicted octanol–water partition coefficient (Wildman–Crippen LogP) is 2.32. The first-order valence-electron chi connectivity index (χ1n) is 8.47. The summed E-state index contributed by atoms with van der Waals surface area (Å²) in [4.78, 5) is 19.7. The Balaban J connectivity index is 1.98. The number of rotatable bonds is 2. The van der Waals surface area contributed by atoms with Crippen molar-refractivity contribution in [3.05, 3.63) is 64.7 Å². The number of anilines is 1. The lowest BCUT2D eigenvalue weighted by Gasteiger charge is -2.22. The number of benzene rings is 2. The molecule has 0 atom stereocenters. The molecule has 128 valence electrons. The van der Waals surface area contributed by atoms with Crippen LogP contribution in [-0.4, -0.2) is 35.7 Å². The molecule has 5 nitrogen and oxygen atoms in total. The van der Waals surface area contributed by atoms with Crippen LogP contribution >= 0.6 is 0 Å². The van der Waals surface area contributed by atoms with Crippen LogP contribution in [-0.2, 0) is 0 Å². The SMILES string of the molecule is O=c1c(N2CCCNCC2)nc2cc(F)ccc2n1-c1ccccc1. The molecule has 3 aromatic rings. The van der Waals surface area contributed by atoms with Gasteiger partial charge in [0.1, 0.15) is 5.82 Å². The van der Waals surface area contributed by atoms with Gasteiger partial charge in [0, 0.05) is 31.4 Å². The third-order valence-corrected chi connectivity index (χ3v) is 4.45. The fraction of sp³-hybridized carbons (Fsp3) is 0.263. The van der Waals surface area contributed by atoms with E-state index in [9.17, 15) is 9.18 Å². The molecule has 0 bridgehead atoms. The van der Waals surface area contributed by atoms with Crippen molar-refractivity contribution in [3.63, 3.8) is 0 Å². The Kier molecular flexibility index (Phi) is 4.19. The number of para-hydroxylation sites is 1. The molecule has 0 saturated carbocycles. The van der Waals surface area contributed by atoms with Crippen molar-refractivity contribution in [1.29, 1.82) is 0 Å². The van der Waals surface area contributed by atoms with E-state index in [1.807, 2.05) is 35.2 Å². The number of hydrogen-bond acceptors (Lipinski definition) is 4. The molecule has 1 aromatic heterocycles. The second-order valence-electron chi connectivity index (χ2n) is 6.14. The summed E-state index contributed by atoms with van der Waals surface area (Å²) in [5.41, 5.74) is 1.66. The molecule has 6 heteroatoms. The summed E-state index contributed by atoms with van der Waals surface area (Å²) in [7, 11) is 0. The molecule has 0 radical (unpaired) electrons. The highest BCUT2D eigenvalue weighted by Gasteiger charge is 2.19. The summed E-state index contributed by atoms with van der Waals surface area (Å²) in [5.74, 6) is 0.0207. The molecule has 0 amide bonds. The second kappa shape index (κ2) is 6.64. The quantitative estimate of drug-likeness (QED) is 0.779. The van der Waals surface area contributed by atoms with Crippen LogP contribution in [0.2, 0.25) is 0 Å². The minimum Gasteiger partial charge on any atom is -0.351 e. The van der Waals surface area contributed by atoms with Crippen molar-refractivity contribution in [1.82, 2.24) is 14.9 Å². The normalized spacial score (nSPS) is 15.3. The van der Waals surface area contributed by atoms with Crippen LogP contribution in [0.15, 0.2) is 53.3 Å². The molecule has 2 heterocycles. The zero-order chi connectivity index (χ0) is 17.2. The fourth-order valence-electron chi connectivity index (χ4n) is 3.24. The Hall–Kier alpha value is -2.73. The van der Waals surface area contributed by atoms with Crippen LogP contribution in [0.1, 0.15) is 6.42 Å². The molecule has 1 saturated heterocycles. The van der Waals surface area contributed by atoms with Gasteiger partial charge >= 0.3 is 0 Å². The van der Waals surface area contributed by atoms with Crippen molar-refractivity contribution < 1.29 is 4.39 Å². The maximum Gasteiger partial charge on any atom is 0.298 e. The summed E-state index contributed by atoms with van der Waals surface area (Å²) < 4.78 is 15.4. The fourth-order valence-corrected chi connectivity index (χ4v) is 3.24. The van der Waals surface area contributed by atoms with Gasteiger partial charge in [0.25, 0.3) is 5.56 Å². The summed E-state index contributed by atoms with van der Waals surface area (Å²) >= 11 is 0. The van der Waals surface area contributed by atoms with Gasteiger partial charge in [0.2, 0.25) is 0 Å². The molecule has 25 heavy (non-hydrogen) atoms. The van der Waals surface area contributed by atoms with E-state index in [1.165, 1.54) is 12.1 Å². The highest BCUT2D eigenvalue weighted by molar-refractivity contribution is 5.78. The highest BCUT2D eigenvalue weighted by atomic mass is 19.1. The second-order valence-corrected chi connectivity index (χ2v) is 6.14. The van der Waals surface area contributed by atoms with Gasteiger partial charge in [0.05, 0.1) is 11.0 Å². The van der Waals surface area contributed by atoms with Crippen molar-refractivity contribution in [3.8, 4) is 5.69 Å². The minimum atomic E-state index is -0.359. The summed E-state index contributed by atoms with van der Waals surface area (Å²) in [6.07, 6.45) is 0.938. The Morgan fingerprint density at radius 2 is 1.88 bits per heavy atom. The van der Waals surface area contributed by atoms with Gasteiger partial charge in [-0.1, -0.05) is 18.2 Å². The van der Waals surface area contributed by atoms with Crippen molar-refractivity contribution in [2.24, 2.45) is 0 Å². The molecular weight excluding hydrogens is 319 g/mol. The lowest BCUT2D eigenvalue weighted by atomic mass is 10.2. The van der Waals surface area contributed by atoms with E-state index in [2.05, 4.69) is 10.3 Å². The van der Waals surface area contributed by atoms with Gasteiger partial charge in [-0.3, -0.25) is 9.36 Å². The molecule has 0 aliphatic carbocycles. The third kappa shape index (κ3) is 3.00. The molecule has 1 N–H and O–H groups in total. The molecule has 0 spiro atoms. The van der Waals surface area contributed by atoms with Crippen LogP contribution < -0.4 is 15.8 Å². The van der Waals surface area contributed by atoms with E-state index >= 15 is 0 Å². The van der Waals surface area contributed by atoms with E-state index in [4.69, 9.17) is 0 Å². The molecule has 0 unspecified atom stereocenters. The number of aromatic nitrogens is 2. The number of nitrogens with zero attached hydrogens (tertiary/aromatic N) is 3. The average Bonchev–Trinajstić information content (AvgIpc) is 2.91. The van der Waals surface area contributed by atoms with Crippen LogP contribution in [0.25, 0.3) is 16.7 Å². The smallest absolute Gasteiger partial charge is 0.298 e. The Morgan fingerprint density at radius 1 is 1.04 bits per heavy atom. The number of hydrogen-bond donors (Lipinski definition) is 1. The molecule has 1 aliphatic heterocycles. The van der Waals surface area contributed by atoms with Crippen LogP contribution in [0.4, 0.5) is 10.2 Å². The van der Waals surface area contributed by atoms with Crippen LogP contribution in [0, 0.1) is 5.82 Å². The summed E-state index contributed by atoms with van der Waals surface area (Å²) in [6.45, 7) is 3.18. The number of halogens is 1. The van der Waals surface area contributed by atoms with Crippen molar-refractivity contribution in [2.45, 2.75) is 6.42 Å². The van der Waals surface area contributed by atoms with Gasteiger partial charge in [-0.15, -0.1) is 0 Å². The van der Waals surface area contributed by atoms with Crippen molar-refractivity contribution >= 4 is 16.9 Å². The first kappa shape index (κ1) is 15.8. The standard InChI is InChI=1S/C19H19FN4O/c20-14-7-8-17-16(13-14)22-18(23-11-4-9-21-10-12-23)19(25)24(17)15-5-2-1-3-6-15/h1-3,5-8,13,21H,4,9-12H2. The molecule has 1 aliphatic rings. The lowest BCUT2D eigenvalue weighted by Crippen LogP contribution is -2.35. The first-order chi connectivity index (χ1) is 12.2. The van der Waals surface area contributed by atoms with E-state index in [0.29, 0.717) is 23.4 Å². The average molecular weight is 338 g/mol. The number of nitrogens with one attached hydrogen (secondary N) is 1.